The highest BCUT2D eigenvalue weighted by Crippen LogP contribution is 2.27. The summed E-state index contributed by atoms with van der Waals surface area (Å²) in [7, 11) is 0. The Bertz CT molecular complexity index is 546. The first-order valence-electron chi connectivity index (χ1n) is 7.69. The van der Waals surface area contributed by atoms with Crippen LogP contribution >= 0.6 is 0 Å². The Morgan fingerprint density at radius 1 is 1.14 bits per heavy atom. The number of para-hydroxylation sites is 2. The van der Waals surface area contributed by atoms with Crippen molar-refractivity contribution < 1.29 is 14.1 Å². The van der Waals surface area contributed by atoms with Crippen molar-refractivity contribution in [2.24, 2.45) is 0 Å². The minimum absolute atomic E-state index is 0.709. The number of furan rings is 1. The Morgan fingerprint density at radius 2 is 1.95 bits per heavy atom. The lowest BCUT2D eigenvalue weighted by Gasteiger charge is -2.34. The molecule has 0 aliphatic carbocycles. The van der Waals surface area contributed by atoms with Crippen LogP contribution in [-0.2, 0) is 6.54 Å². The maximum Gasteiger partial charge on any atom is 0.157 e. The summed E-state index contributed by atoms with van der Waals surface area (Å²) in [5, 5.41) is 0. The second-order valence-electron chi connectivity index (χ2n) is 5.39. The molecular formula is C17H23N2O2+. The van der Waals surface area contributed by atoms with Crippen LogP contribution < -0.4 is 14.5 Å². The first-order chi connectivity index (χ1) is 10.4. The van der Waals surface area contributed by atoms with E-state index in [4.69, 9.17) is 9.15 Å². The van der Waals surface area contributed by atoms with E-state index >= 15 is 0 Å². The van der Waals surface area contributed by atoms with Crippen LogP contribution in [0, 0.1) is 0 Å². The highest BCUT2D eigenvalue weighted by molar-refractivity contribution is 5.58. The third-order valence-electron chi connectivity index (χ3n) is 3.98. The molecule has 21 heavy (non-hydrogen) atoms. The molecule has 0 radical (unpaired) electrons. The smallest absolute Gasteiger partial charge is 0.157 e. The van der Waals surface area contributed by atoms with E-state index in [1.165, 1.54) is 5.69 Å². The van der Waals surface area contributed by atoms with Crippen LogP contribution in [0.2, 0.25) is 0 Å². The highest BCUT2D eigenvalue weighted by atomic mass is 16.5. The Morgan fingerprint density at radius 3 is 2.67 bits per heavy atom. The summed E-state index contributed by atoms with van der Waals surface area (Å²) in [6.07, 6.45) is 1.75. The Kier molecular flexibility index (Phi) is 4.46. The lowest BCUT2D eigenvalue weighted by atomic mass is 10.2. The molecule has 4 nitrogen and oxygen atoms in total. The SMILES string of the molecule is CCOc1ccccc1N1CC[NH+](Cc2ccco2)CC1. The zero-order chi connectivity index (χ0) is 14.5. The van der Waals surface area contributed by atoms with Gasteiger partial charge in [0.15, 0.2) is 5.76 Å². The number of anilines is 1. The van der Waals surface area contributed by atoms with Gasteiger partial charge in [0.1, 0.15) is 12.3 Å². The summed E-state index contributed by atoms with van der Waals surface area (Å²) in [5.41, 5.74) is 1.22. The second kappa shape index (κ2) is 6.68. The molecule has 1 fully saturated rings. The van der Waals surface area contributed by atoms with Gasteiger partial charge in [-0.2, -0.15) is 0 Å². The normalized spacial score (nSPS) is 16.1. The quantitative estimate of drug-likeness (QED) is 0.905. The van der Waals surface area contributed by atoms with Crippen LogP contribution in [-0.4, -0.2) is 32.8 Å². The van der Waals surface area contributed by atoms with Gasteiger partial charge in [-0.1, -0.05) is 12.1 Å². The number of quaternary nitrogens is 1. The molecule has 112 valence electrons. The van der Waals surface area contributed by atoms with Crippen molar-refractivity contribution in [3.05, 3.63) is 48.4 Å². The minimum atomic E-state index is 0.709. The molecule has 0 atom stereocenters. The standard InChI is InChI=1S/C17H22N2O2/c1-2-20-17-8-4-3-7-16(17)19-11-9-18(10-12-19)14-15-6-5-13-21-15/h3-8,13H,2,9-12,14H2,1H3/p+1. The number of ether oxygens (including phenoxy) is 1. The van der Waals surface area contributed by atoms with E-state index < -0.39 is 0 Å². The van der Waals surface area contributed by atoms with E-state index in [1.807, 2.05) is 19.1 Å². The van der Waals surface area contributed by atoms with Gasteiger partial charge in [-0.3, -0.25) is 0 Å². The van der Waals surface area contributed by atoms with Crippen molar-refractivity contribution in [2.45, 2.75) is 13.5 Å². The highest BCUT2D eigenvalue weighted by Gasteiger charge is 2.22. The largest absolute Gasteiger partial charge is 0.492 e. The van der Waals surface area contributed by atoms with Crippen LogP contribution in [0.4, 0.5) is 5.69 Å². The van der Waals surface area contributed by atoms with Gasteiger partial charge in [-0.15, -0.1) is 0 Å². The molecule has 1 N–H and O–H groups in total. The monoisotopic (exact) mass is 287 g/mol. The van der Waals surface area contributed by atoms with Crippen molar-refractivity contribution >= 4 is 5.69 Å². The number of hydrogen-bond acceptors (Lipinski definition) is 3. The molecule has 1 aliphatic heterocycles. The first kappa shape index (κ1) is 14.0. The van der Waals surface area contributed by atoms with Crippen molar-refractivity contribution in [1.29, 1.82) is 0 Å². The summed E-state index contributed by atoms with van der Waals surface area (Å²) in [6.45, 7) is 8.08. The third kappa shape index (κ3) is 3.39. The molecule has 0 bridgehead atoms. The van der Waals surface area contributed by atoms with Gasteiger partial charge >= 0.3 is 0 Å². The maximum absolute atomic E-state index is 5.74. The van der Waals surface area contributed by atoms with Gasteiger partial charge in [-0.25, -0.2) is 0 Å². The van der Waals surface area contributed by atoms with E-state index in [1.54, 1.807) is 11.2 Å². The van der Waals surface area contributed by atoms with E-state index in [9.17, 15) is 0 Å². The van der Waals surface area contributed by atoms with Crippen molar-refractivity contribution in [1.82, 2.24) is 0 Å². The van der Waals surface area contributed by atoms with Crippen LogP contribution in [0.1, 0.15) is 12.7 Å². The van der Waals surface area contributed by atoms with Gasteiger partial charge in [-0.05, 0) is 31.2 Å². The molecule has 1 aliphatic rings. The summed E-state index contributed by atoms with van der Waals surface area (Å²) in [6, 6.07) is 12.4. The second-order valence-corrected chi connectivity index (χ2v) is 5.39. The molecule has 0 unspecified atom stereocenters. The topological polar surface area (TPSA) is 30.1 Å². The number of piperazine rings is 1. The van der Waals surface area contributed by atoms with Gasteiger partial charge in [0, 0.05) is 0 Å². The van der Waals surface area contributed by atoms with Gasteiger partial charge in [0.2, 0.25) is 0 Å². The molecule has 1 aromatic heterocycles. The lowest BCUT2D eigenvalue weighted by Crippen LogP contribution is -3.13. The molecule has 1 saturated heterocycles. The number of rotatable bonds is 5. The van der Waals surface area contributed by atoms with Crippen LogP contribution in [0.25, 0.3) is 0 Å². The fourth-order valence-corrected chi connectivity index (χ4v) is 2.90. The predicted molar refractivity (Wildman–Crippen MR) is 82.9 cm³/mol. The van der Waals surface area contributed by atoms with Crippen LogP contribution in [0.5, 0.6) is 5.75 Å². The zero-order valence-corrected chi connectivity index (χ0v) is 12.5. The predicted octanol–water partition coefficient (Wildman–Crippen LogP) is 1.58. The molecule has 0 spiro atoms. The number of benzene rings is 1. The molecule has 1 aromatic carbocycles. The zero-order valence-electron chi connectivity index (χ0n) is 12.5. The molecular weight excluding hydrogens is 264 g/mol. The first-order valence-corrected chi connectivity index (χ1v) is 7.69. The van der Waals surface area contributed by atoms with E-state index in [0.29, 0.717) is 6.61 Å². The number of nitrogens with one attached hydrogen (secondary N) is 1. The van der Waals surface area contributed by atoms with Crippen LogP contribution in [0.3, 0.4) is 0 Å². The summed E-state index contributed by atoms with van der Waals surface area (Å²) >= 11 is 0. The van der Waals surface area contributed by atoms with Gasteiger partial charge in [0.05, 0.1) is 44.7 Å². The summed E-state index contributed by atoms with van der Waals surface area (Å²) < 4.78 is 11.2. The van der Waals surface area contributed by atoms with E-state index in [2.05, 4.69) is 29.2 Å². The van der Waals surface area contributed by atoms with Crippen molar-refractivity contribution in [2.75, 3.05) is 37.7 Å². The van der Waals surface area contributed by atoms with Gasteiger partial charge < -0.3 is 19.0 Å². The molecule has 0 saturated carbocycles. The molecule has 3 rings (SSSR count). The molecule has 2 heterocycles. The average Bonchev–Trinajstić information content (AvgIpc) is 3.02. The Labute approximate surface area is 125 Å². The Balaban J connectivity index is 1.60. The number of hydrogen-bond donors (Lipinski definition) is 1. The number of nitrogens with zero attached hydrogens (tertiary/aromatic N) is 1. The summed E-state index contributed by atoms with van der Waals surface area (Å²) in [5.74, 6) is 2.07. The van der Waals surface area contributed by atoms with Crippen molar-refractivity contribution in [3.63, 3.8) is 0 Å². The fourth-order valence-electron chi connectivity index (χ4n) is 2.90. The summed E-state index contributed by atoms with van der Waals surface area (Å²) in [4.78, 5) is 4.01. The van der Waals surface area contributed by atoms with Crippen molar-refractivity contribution in [3.8, 4) is 5.75 Å². The van der Waals surface area contributed by atoms with E-state index in [0.717, 1.165) is 44.2 Å². The molecule has 0 amide bonds. The fraction of sp³-hybridized carbons (Fsp3) is 0.412. The minimum Gasteiger partial charge on any atom is -0.492 e. The Hall–Kier alpha value is -1.94. The van der Waals surface area contributed by atoms with E-state index in [-0.39, 0.29) is 0 Å². The van der Waals surface area contributed by atoms with Crippen LogP contribution in [0.15, 0.2) is 47.1 Å². The maximum atomic E-state index is 5.74. The lowest BCUT2D eigenvalue weighted by molar-refractivity contribution is -0.915. The molecule has 4 heteroatoms. The molecule has 2 aromatic rings. The average molecular weight is 287 g/mol. The third-order valence-corrected chi connectivity index (χ3v) is 3.98. The van der Waals surface area contributed by atoms with Gasteiger partial charge in [0.25, 0.3) is 0 Å².